The number of pyridine rings is 1. The molecule has 3 nitrogen and oxygen atoms in total. The molecule has 1 aromatic carbocycles. The van der Waals surface area contributed by atoms with Gasteiger partial charge < -0.3 is 9.14 Å². The smallest absolute Gasteiger partial charge is 0.137 e. The quantitative estimate of drug-likeness (QED) is 0.601. The fraction of sp³-hybridized carbons (Fsp3) is 0.235. The molecule has 0 radical (unpaired) electrons. The van der Waals surface area contributed by atoms with Crippen molar-refractivity contribution in [2.24, 2.45) is 0 Å². The minimum absolute atomic E-state index is 0.366. The van der Waals surface area contributed by atoms with Crippen LogP contribution in [0.1, 0.15) is 19.0 Å². The summed E-state index contributed by atoms with van der Waals surface area (Å²) in [6.45, 7) is 2.81. The maximum atomic E-state index is 6.13. The zero-order valence-corrected chi connectivity index (χ0v) is 13.7. The summed E-state index contributed by atoms with van der Waals surface area (Å²) in [4.78, 5) is 4.67. The molecule has 0 aliphatic rings. The first-order valence-electron chi connectivity index (χ1n) is 7.18. The van der Waals surface area contributed by atoms with Crippen LogP contribution in [0, 0.1) is 0 Å². The standard InChI is InChI=1S/C17H16Cl2N2O/c1-2-9-22-14-6-3-12(4-7-14)17-15(10-18)21-11-13(19)5-8-16(21)20-17/h3-8,11H,2,9-10H2,1H3. The molecule has 0 unspecified atom stereocenters. The van der Waals surface area contributed by atoms with E-state index in [4.69, 9.17) is 27.9 Å². The number of hydrogen-bond acceptors (Lipinski definition) is 2. The monoisotopic (exact) mass is 334 g/mol. The number of halogens is 2. The molecule has 0 atom stereocenters. The molecule has 0 fully saturated rings. The Hall–Kier alpha value is -1.71. The Kier molecular flexibility index (Phi) is 4.55. The van der Waals surface area contributed by atoms with Crippen molar-refractivity contribution in [3.63, 3.8) is 0 Å². The van der Waals surface area contributed by atoms with Crippen LogP contribution in [0.2, 0.25) is 5.02 Å². The summed E-state index contributed by atoms with van der Waals surface area (Å²) in [5.74, 6) is 1.23. The van der Waals surface area contributed by atoms with Crippen LogP contribution in [0.5, 0.6) is 5.75 Å². The van der Waals surface area contributed by atoms with Gasteiger partial charge in [0.15, 0.2) is 0 Å². The molecule has 0 aliphatic carbocycles. The third-order valence-electron chi connectivity index (χ3n) is 3.41. The number of imidazole rings is 1. The highest BCUT2D eigenvalue weighted by Gasteiger charge is 2.13. The summed E-state index contributed by atoms with van der Waals surface area (Å²) < 4.78 is 7.54. The molecular formula is C17H16Cl2N2O. The number of aromatic nitrogens is 2. The van der Waals surface area contributed by atoms with Gasteiger partial charge in [-0.05, 0) is 42.8 Å². The first-order chi connectivity index (χ1) is 10.7. The van der Waals surface area contributed by atoms with Gasteiger partial charge in [0.05, 0.1) is 28.9 Å². The SMILES string of the molecule is CCCOc1ccc(-c2nc3ccc(Cl)cn3c2CCl)cc1. The van der Waals surface area contributed by atoms with E-state index in [9.17, 15) is 0 Å². The molecule has 22 heavy (non-hydrogen) atoms. The normalized spacial score (nSPS) is 11.0. The van der Waals surface area contributed by atoms with E-state index in [0.717, 1.165) is 41.4 Å². The highest BCUT2D eigenvalue weighted by atomic mass is 35.5. The van der Waals surface area contributed by atoms with Crippen molar-refractivity contribution in [3.8, 4) is 17.0 Å². The first-order valence-corrected chi connectivity index (χ1v) is 8.10. The van der Waals surface area contributed by atoms with Crippen LogP contribution in [0.4, 0.5) is 0 Å². The fourth-order valence-electron chi connectivity index (χ4n) is 2.36. The number of benzene rings is 1. The Morgan fingerprint density at radius 2 is 1.91 bits per heavy atom. The summed E-state index contributed by atoms with van der Waals surface area (Å²) in [6, 6.07) is 11.6. The van der Waals surface area contributed by atoms with E-state index in [1.807, 2.05) is 47.0 Å². The summed E-state index contributed by atoms with van der Waals surface area (Å²) in [6.07, 6.45) is 2.83. The Bertz CT molecular complexity index is 781. The second kappa shape index (κ2) is 6.59. The van der Waals surface area contributed by atoms with E-state index in [0.29, 0.717) is 10.9 Å². The highest BCUT2D eigenvalue weighted by molar-refractivity contribution is 6.30. The van der Waals surface area contributed by atoms with E-state index < -0.39 is 0 Å². The van der Waals surface area contributed by atoms with Crippen molar-refractivity contribution in [2.45, 2.75) is 19.2 Å². The first kappa shape index (κ1) is 15.2. The molecule has 0 spiro atoms. The lowest BCUT2D eigenvalue weighted by Gasteiger charge is -2.06. The van der Waals surface area contributed by atoms with E-state index in [2.05, 4.69) is 11.9 Å². The van der Waals surface area contributed by atoms with Gasteiger partial charge >= 0.3 is 0 Å². The Labute approximate surface area is 139 Å². The van der Waals surface area contributed by atoms with Crippen molar-refractivity contribution in [1.82, 2.24) is 9.38 Å². The Morgan fingerprint density at radius 1 is 1.14 bits per heavy atom. The van der Waals surface area contributed by atoms with Crippen LogP contribution in [0.25, 0.3) is 16.9 Å². The molecule has 2 heterocycles. The van der Waals surface area contributed by atoms with E-state index >= 15 is 0 Å². The molecular weight excluding hydrogens is 319 g/mol. The van der Waals surface area contributed by atoms with Gasteiger partial charge in [0.2, 0.25) is 0 Å². The molecule has 2 aromatic heterocycles. The van der Waals surface area contributed by atoms with Crippen LogP contribution < -0.4 is 4.74 Å². The van der Waals surface area contributed by atoms with Gasteiger partial charge in [-0.1, -0.05) is 18.5 Å². The van der Waals surface area contributed by atoms with E-state index in [1.165, 1.54) is 0 Å². The molecule has 0 saturated heterocycles. The number of ether oxygens (including phenoxy) is 1. The minimum Gasteiger partial charge on any atom is -0.494 e. The second-order valence-corrected chi connectivity index (χ2v) is 5.69. The molecule has 114 valence electrons. The number of hydrogen-bond donors (Lipinski definition) is 0. The van der Waals surface area contributed by atoms with Gasteiger partial charge in [-0.2, -0.15) is 0 Å². The van der Waals surface area contributed by atoms with Gasteiger partial charge in [-0.15, -0.1) is 11.6 Å². The number of alkyl halides is 1. The van der Waals surface area contributed by atoms with Gasteiger partial charge in [0.25, 0.3) is 0 Å². The highest BCUT2D eigenvalue weighted by Crippen LogP contribution is 2.28. The van der Waals surface area contributed by atoms with Crippen molar-refractivity contribution in [1.29, 1.82) is 0 Å². The summed E-state index contributed by atoms with van der Waals surface area (Å²) >= 11 is 12.2. The van der Waals surface area contributed by atoms with Gasteiger partial charge in [-0.3, -0.25) is 0 Å². The molecule has 0 bridgehead atoms. The lowest BCUT2D eigenvalue weighted by atomic mass is 10.1. The summed E-state index contributed by atoms with van der Waals surface area (Å²) in [7, 11) is 0. The lowest BCUT2D eigenvalue weighted by molar-refractivity contribution is 0.317. The van der Waals surface area contributed by atoms with Crippen LogP contribution in [-0.4, -0.2) is 16.0 Å². The van der Waals surface area contributed by atoms with Crippen LogP contribution in [0.3, 0.4) is 0 Å². The molecule has 3 aromatic rings. The third-order valence-corrected chi connectivity index (χ3v) is 3.89. The average Bonchev–Trinajstić information content (AvgIpc) is 2.91. The Morgan fingerprint density at radius 3 is 2.59 bits per heavy atom. The maximum absolute atomic E-state index is 6.13. The maximum Gasteiger partial charge on any atom is 0.137 e. The minimum atomic E-state index is 0.366. The largest absolute Gasteiger partial charge is 0.494 e. The average molecular weight is 335 g/mol. The summed E-state index contributed by atoms with van der Waals surface area (Å²) in [5.41, 5.74) is 3.65. The molecule has 0 aliphatic heterocycles. The van der Waals surface area contributed by atoms with Gasteiger partial charge in [-0.25, -0.2) is 4.98 Å². The van der Waals surface area contributed by atoms with Crippen molar-refractivity contribution in [2.75, 3.05) is 6.61 Å². The van der Waals surface area contributed by atoms with Crippen molar-refractivity contribution >= 4 is 28.8 Å². The van der Waals surface area contributed by atoms with Crippen LogP contribution >= 0.6 is 23.2 Å². The number of rotatable bonds is 5. The lowest BCUT2D eigenvalue weighted by Crippen LogP contribution is -1.95. The molecule has 3 rings (SSSR count). The zero-order chi connectivity index (χ0) is 15.5. The Balaban J connectivity index is 2.02. The third kappa shape index (κ3) is 2.92. The molecule has 5 heteroatoms. The van der Waals surface area contributed by atoms with Crippen molar-refractivity contribution in [3.05, 3.63) is 53.3 Å². The fourth-order valence-corrected chi connectivity index (χ4v) is 2.77. The summed E-state index contributed by atoms with van der Waals surface area (Å²) in [5, 5.41) is 0.658. The predicted octanol–water partition coefficient (Wildman–Crippen LogP) is 5.18. The van der Waals surface area contributed by atoms with E-state index in [1.54, 1.807) is 0 Å². The van der Waals surface area contributed by atoms with E-state index in [-0.39, 0.29) is 0 Å². The predicted molar refractivity (Wildman–Crippen MR) is 91.0 cm³/mol. The van der Waals surface area contributed by atoms with Crippen LogP contribution in [-0.2, 0) is 5.88 Å². The molecule has 0 saturated carbocycles. The zero-order valence-electron chi connectivity index (χ0n) is 12.2. The number of fused-ring (bicyclic) bond motifs is 1. The number of nitrogens with zero attached hydrogens (tertiary/aromatic N) is 2. The van der Waals surface area contributed by atoms with Crippen molar-refractivity contribution < 1.29 is 4.74 Å². The topological polar surface area (TPSA) is 26.5 Å². The van der Waals surface area contributed by atoms with Crippen LogP contribution in [0.15, 0.2) is 42.6 Å². The molecule has 0 amide bonds. The van der Waals surface area contributed by atoms with Gasteiger partial charge in [0.1, 0.15) is 11.4 Å². The van der Waals surface area contributed by atoms with Gasteiger partial charge in [0, 0.05) is 11.8 Å². The molecule has 0 N–H and O–H groups in total. The second-order valence-electron chi connectivity index (χ2n) is 4.99.